The second-order valence-corrected chi connectivity index (χ2v) is 1.64. The third-order valence-electron chi connectivity index (χ3n) is 0.185. The quantitative estimate of drug-likeness (QED) is 0.502. The van der Waals surface area contributed by atoms with E-state index in [0.717, 1.165) is 0 Å². The molecule has 0 aliphatic rings. The van der Waals surface area contributed by atoms with E-state index in [1.54, 1.807) is 0 Å². The molecule has 0 spiro atoms. The summed E-state index contributed by atoms with van der Waals surface area (Å²) in [4.78, 5) is 0. The van der Waals surface area contributed by atoms with Crippen molar-refractivity contribution in [2.45, 2.75) is 0 Å². The highest BCUT2D eigenvalue weighted by atomic mass is 32.3. The van der Waals surface area contributed by atoms with Crippen LogP contribution in [0.5, 0.6) is 0 Å². The van der Waals surface area contributed by atoms with Gasteiger partial charge in [-0.3, -0.25) is 0 Å². The van der Waals surface area contributed by atoms with Crippen LogP contribution in [0, 0.1) is 0 Å². The fourth-order valence-electron chi connectivity index (χ4n) is 0.0532. The molecule has 0 aliphatic heterocycles. The molecule has 0 amide bonds. The van der Waals surface area contributed by atoms with Crippen LogP contribution in [0.3, 0.4) is 0 Å². The Morgan fingerprint density at radius 2 is 2.00 bits per heavy atom. The predicted molar refractivity (Wildman–Crippen MR) is 17.1 cm³/mol. The average molecular weight is 132 g/mol. The lowest BCUT2D eigenvalue weighted by molar-refractivity contribution is 0.186. The molecule has 0 aliphatic carbocycles. The molecular formula is CH2F2O3S. The maximum absolute atomic E-state index is 10.9. The van der Waals surface area contributed by atoms with Gasteiger partial charge >= 0.3 is 10.5 Å². The Morgan fingerprint density at radius 3 is 2.00 bits per heavy atom. The van der Waals surface area contributed by atoms with Gasteiger partial charge in [-0.15, -0.1) is 0 Å². The first-order chi connectivity index (χ1) is 3.06. The second kappa shape index (κ2) is 2.17. The van der Waals surface area contributed by atoms with Gasteiger partial charge in [0.05, 0.1) is 0 Å². The molecule has 0 aromatic carbocycles. The molecule has 0 unspecified atom stereocenters. The first-order valence-corrected chi connectivity index (χ1v) is 2.52. The van der Waals surface area contributed by atoms with Crippen LogP contribution in [-0.2, 0) is 14.7 Å². The van der Waals surface area contributed by atoms with Gasteiger partial charge in [0.1, 0.15) is 0 Å². The molecular weight excluding hydrogens is 130 g/mol. The molecule has 0 saturated carbocycles. The fourth-order valence-corrected chi connectivity index (χ4v) is 0.160. The molecule has 0 bridgehead atoms. The molecule has 0 aromatic heterocycles. The molecule has 0 aromatic rings. The molecule has 0 atom stereocenters. The van der Waals surface area contributed by atoms with Crippen LogP contribution in [0.15, 0.2) is 0 Å². The van der Waals surface area contributed by atoms with Crippen LogP contribution < -0.4 is 0 Å². The second-order valence-electron chi connectivity index (χ2n) is 0.620. The van der Waals surface area contributed by atoms with Crippen LogP contribution in [0.2, 0.25) is 0 Å². The minimum Gasteiger partial charge on any atom is -0.218 e. The van der Waals surface area contributed by atoms with E-state index in [0.29, 0.717) is 0 Å². The highest BCUT2D eigenvalue weighted by molar-refractivity contribution is 7.81. The Morgan fingerprint density at radius 1 is 1.57 bits per heavy atom. The summed E-state index contributed by atoms with van der Waals surface area (Å²) in [6.07, 6.45) is 0. The average Bonchev–Trinajstić information content (AvgIpc) is 1.30. The van der Waals surface area contributed by atoms with Gasteiger partial charge in [-0.2, -0.15) is 8.42 Å². The SMILES string of the molecule is O=S(=O)(F)OCF. The summed E-state index contributed by atoms with van der Waals surface area (Å²) >= 11 is 0. The van der Waals surface area contributed by atoms with Crippen LogP contribution in [0.4, 0.5) is 8.28 Å². The van der Waals surface area contributed by atoms with Crippen LogP contribution >= 0.6 is 0 Å². The van der Waals surface area contributed by atoms with Crippen molar-refractivity contribution in [1.29, 1.82) is 0 Å². The van der Waals surface area contributed by atoms with Crippen molar-refractivity contribution in [3.05, 3.63) is 0 Å². The Balaban J connectivity index is 3.60. The third-order valence-corrected chi connectivity index (χ3v) is 0.556. The van der Waals surface area contributed by atoms with Gasteiger partial charge in [0.2, 0.25) is 6.86 Å². The largest absolute Gasteiger partial charge is 0.440 e. The lowest BCUT2D eigenvalue weighted by Gasteiger charge is -1.83. The summed E-state index contributed by atoms with van der Waals surface area (Å²) < 4.78 is 42.6. The molecule has 0 heterocycles. The molecule has 0 saturated heterocycles. The van der Waals surface area contributed by atoms with E-state index in [-0.39, 0.29) is 0 Å². The van der Waals surface area contributed by atoms with Crippen LogP contribution in [0.1, 0.15) is 0 Å². The monoisotopic (exact) mass is 132 g/mol. The highest BCUT2D eigenvalue weighted by Crippen LogP contribution is 1.91. The summed E-state index contributed by atoms with van der Waals surface area (Å²) in [5.41, 5.74) is 0. The Labute approximate surface area is 39.3 Å². The number of halogens is 2. The molecule has 0 fully saturated rings. The van der Waals surface area contributed by atoms with E-state index in [1.807, 2.05) is 0 Å². The minimum atomic E-state index is -5.05. The van der Waals surface area contributed by atoms with Crippen molar-refractivity contribution in [3.8, 4) is 0 Å². The normalized spacial score (nSPS) is 11.7. The van der Waals surface area contributed by atoms with E-state index in [4.69, 9.17) is 8.42 Å². The topological polar surface area (TPSA) is 43.4 Å². The van der Waals surface area contributed by atoms with Crippen molar-refractivity contribution in [3.63, 3.8) is 0 Å². The predicted octanol–water partition coefficient (Wildman–Crippen LogP) is 0.144. The maximum atomic E-state index is 10.9. The summed E-state index contributed by atoms with van der Waals surface area (Å²) in [6.45, 7) is -1.65. The molecule has 6 heteroatoms. The zero-order valence-corrected chi connectivity index (χ0v) is 3.91. The Hall–Kier alpha value is -0.230. The summed E-state index contributed by atoms with van der Waals surface area (Å²) in [5, 5.41) is 0. The molecule has 7 heavy (non-hydrogen) atoms. The van der Waals surface area contributed by atoms with E-state index in [9.17, 15) is 8.28 Å². The molecule has 3 nitrogen and oxygen atoms in total. The van der Waals surface area contributed by atoms with Crippen molar-refractivity contribution in [2.75, 3.05) is 6.86 Å². The lowest BCUT2D eigenvalue weighted by atomic mass is 11.6. The maximum Gasteiger partial charge on any atom is 0.440 e. The summed E-state index contributed by atoms with van der Waals surface area (Å²) in [5.74, 6) is 0. The van der Waals surface area contributed by atoms with E-state index in [1.165, 1.54) is 0 Å². The molecule has 0 radical (unpaired) electrons. The van der Waals surface area contributed by atoms with Gasteiger partial charge in [0.25, 0.3) is 0 Å². The summed E-state index contributed by atoms with van der Waals surface area (Å²) in [7, 11) is -5.05. The molecule has 44 valence electrons. The van der Waals surface area contributed by atoms with Crippen molar-refractivity contribution in [2.24, 2.45) is 0 Å². The Bertz CT molecular complexity index is 126. The van der Waals surface area contributed by atoms with Crippen LogP contribution in [0.25, 0.3) is 0 Å². The van der Waals surface area contributed by atoms with E-state index >= 15 is 0 Å². The van der Waals surface area contributed by atoms with Gasteiger partial charge in [-0.05, 0) is 0 Å². The zero-order chi connectivity index (χ0) is 5.91. The van der Waals surface area contributed by atoms with Crippen LogP contribution in [-0.4, -0.2) is 15.3 Å². The van der Waals surface area contributed by atoms with Crippen molar-refractivity contribution < 1.29 is 20.9 Å². The highest BCUT2D eigenvalue weighted by Gasteiger charge is 2.03. The van der Waals surface area contributed by atoms with E-state index in [2.05, 4.69) is 4.18 Å². The fraction of sp³-hybridized carbons (Fsp3) is 1.00. The van der Waals surface area contributed by atoms with Gasteiger partial charge < -0.3 is 0 Å². The van der Waals surface area contributed by atoms with Crippen molar-refractivity contribution >= 4 is 10.5 Å². The van der Waals surface area contributed by atoms with Gasteiger partial charge in [-0.25, -0.2) is 8.57 Å². The zero-order valence-electron chi connectivity index (χ0n) is 3.10. The molecule has 0 rings (SSSR count). The van der Waals surface area contributed by atoms with Gasteiger partial charge in [0, 0.05) is 0 Å². The number of hydrogen-bond donors (Lipinski definition) is 0. The standard InChI is InChI=1S/CH2F2O3S/c2-1-6-7(3,4)5/h1H2. The summed E-state index contributed by atoms with van der Waals surface area (Å²) in [6, 6.07) is 0. The van der Waals surface area contributed by atoms with E-state index < -0.39 is 17.4 Å². The van der Waals surface area contributed by atoms with Crippen molar-refractivity contribution in [1.82, 2.24) is 0 Å². The smallest absolute Gasteiger partial charge is 0.218 e. The number of alkyl halides is 1. The molecule has 0 N–H and O–H groups in total. The van der Waals surface area contributed by atoms with Gasteiger partial charge in [0.15, 0.2) is 0 Å². The Kier molecular flexibility index (Phi) is 2.10. The first-order valence-electron chi connectivity index (χ1n) is 1.21. The van der Waals surface area contributed by atoms with Gasteiger partial charge in [-0.1, -0.05) is 3.89 Å². The number of rotatable bonds is 2. The first kappa shape index (κ1) is 6.77. The third kappa shape index (κ3) is 5.77. The number of hydrogen-bond acceptors (Lipinski definition) is 3. The minimum absolute atomic E-state index is 1.65. The lowest BCUT2D eigenvalue weighted by Crippen LogP contribution is -1.94.